The minimum atomic E-state index is -1.02. The van der Waals surface area contributed by atoms with E-state index in [9.17, 15) is 19.6 Å². The van der Waals surface area contributed by atoms with E-state index < -0.39 is 11.9 Å². The molecule has 3 aromatic rings. The van der Waals surface area contributed by atoms with E-state index in [1.165, 1.54) is 0 Å². The van der Waals surface area contributed by atoms with E-state index in [0.29, 0.717) is 34.9 Å². The van der Waals surface area contributed by atoms with Crippen LogP contribution >= 0.6 is 11.3 Å². The van der Waals surface area contributed by atoms with Crippen LogP contribution in [0.3, 0.4) is 0 Å². The second kappa shape index (κ2) is 10.0. The molecule has 1 saturated heterocycles. The van der Waals surface area contributed by atoms with E-state index in [4.69, 9.17) is 15.8 Å². The van der Waals surface area contributed by atoms with Gasteiger partial charge in [-0.25, -0.2) is 4.98 Å². The summed E-state index contributed by atoms with van der Waals surface area (Å²) in [7, 11) is 0. The number of fused-ring (bicyclic) bond motifs is 1. The number of aliphatic carboxylic acids is 1. The molecule has 0 bridgehead atoms. The van der Waals surface area contributed by atoms with Gasteiger partial charge in [-0.05, 0) is 24.5 Å². The Bertz CT molecular complexity index is 1340. The molecule has 34 heavy (non-hydrogen) atoms. The number of thiophene rings is 1. The van der Waals surface area contributed by atoms with Gasteiger partial charge in [-0.1, -0.05) is 18.2 Å². The second-order valence-corrected chi connectivity index (χ2v) is 9.03. The van der Waals surface area contributed by atoms with Gasteiger partial charge < -0.3 is 21.1 Å². The van der Waals surface area contributed by atoms with Crippen molar-refractivity contribution in [2.75, 3.05) is 24.5 Å². The van der Waals surface area contributed by atoms with Gasteiger partial charge in [0.25, 0.3) is 11.5 Å². The molecule has 0 radical (unpaired) electrons. The molecule has 1 unspecified atom stereocenters. The number of carboxylic acid groups (broad SMARTS) is 1. The van der Waals surface area contributed by atoms with Crippen molar-refractivity contribution >= 4 is 39.4 Å². The van der Waals surface area contributed by atoms with Crippen LogP contribution < -0.4 is 21.5 Å². The molecule has 2 aromatic heterocycles. The second-order valence-electron chi connectivity index (χ2n) is 8.15. The number of hydrogen-bond donors (Lipinski definition) is 3. The van der Waals surface area contributed by atoms with Crippen LogP contribution in [0.5, 0.6) is 0 Å². The van der Waals surface area contributed by atoms with Crippen molar-refractivity contribution in [1.82, 2.24) is 14.9 Å². The fourth-order valence-corrected chi connectivity index (χ4v) is 4.97. The van der Waals surface area contributed by atoms with Crippen LogP contribution in [0.4, 0.5) is 5.95 Å². The standard InChI is InChI=1S/C23H24N6O4S/c24-10-14-4-1-2-5-15(14)11-29-22(33)20-19(27-23(29)28-9-3-6-16(25)12-28)17(13-34-20)21(32)26-8-7-18(30)31/h1-2,4-5,13,16H,3,6-9,11-12,25H2,(H,26,32)(H,30,31). The van der Waals surface area contributed by atoms with Gasteiger partial charge in [0.1, 0.15) is 10.2 Å². The number of anilines is 1. The van der Waals surface area contributed by atoms with Gasteiger partial charge >= 0.3 is 5.97 Å². The SMILES string of the molecule is N#Cc1ccccc1Cn1c(N2CCCC(N)C2)nc2c(C(=O)NCCC(=O)O)csc2c1=O. The zero-order valence-electron chi connectivity index (χ0n) is 18.4. The summed E-state index contributed by atoms with van der Waals surface area (Å²) in [5, 5.41) is 22.5. The number of carbonyl (C=O) groups excluding carboxylic acids is 1. The topological polar surface area (TPSA) is 154 Å². The minimum absolute atomic E-state index is 0.0264. The highest BCUT2D eigenvalue weighted by atomic mass is 32.1. The predicted octanol–water partition coefficient (Wildman–Crippen LogP) is 1.51. The molecule has 1 aliphatic rings. The van der Waals surface area contributed by atoms with Crippen LogP contribution in [0.2, 0.25) is 0 Å². The van der Waals surface area contributed by atoms with Crippen molar-refractivity contribution in [2.24, 2.45) is 5.73 Å². The van der Waals surface area contributed by atoms with Crippen molar-refractivity contribution in [1.29, 1.82) is 5.26 Å². The first-order chi connectivity index (χ1) is 16.4. The number of nitrogens with zero attached hydrogens (tertiary/aromatic N) is 4. The molecule has 1 atom stereocenters. The number of rotatable bonds is 7. The number of nitrogens with two attached hydrogens (primary N) is 1. The zero-order valence-corrected chi connectivity index (χ0v) is 19.2. The molecule has 11 heteroatoms. The highest BCUT2D eigenvalue weighted by Crippen LogP contribution is 2.26. The van der Waals surface area contributed by atoms with Gasteiger partial charge in [0.2, 0.25) is 5.95 Å². The molecule has 0 aliphatic carbocycles. The van der Waals surface area contributed by atoms with Gasteiger partial charge in [0, 0.05) is 31.1 Å². The number of piperidine rings is 1. The summed E-state index contributed by atoms with van der Waals surface area (Å²) in [6, 6.07) is 9.18. The Balaban J connectivity index is 1.80. The lowest BCUT2D eigenvalue weighted by Crippen LogP contribution is -2.45. The molecule has 1 aliphatic heterocycles. The number of hydrogen-bond acceptors (Lipinski definition) is 8. The monoisotopic (exact) mass is 480 g/mol. The minimum Gasteiger partial charge on any atom is -0.481 e. The van der Waals surface area contributed by atoms with E-state index in [2.05, 4.69) is 11.4 Å². The quantitative estimate of drug-likeness (QED) is 0.460. The van der Waals surface area contributed by atoms with Crippen LogP contribution in [-0.4, -0.2) is 52.2 Å². The number of benzene rings is 1. The first-order valence-corrected chi connectivity index (χ1v) is 11.8. The third kappa shape index (κ3) is 4.78. The summed E-state index contributed by atoms with van der Waals surface area (Å²) in [5.41, 5.74) is 7.56. The highest BCUT2D eigenvalue weighted by Gasteiger charge is 2.25. The smallest absolute Gasteiger partial charge is 0.305 e. The summed E-state index contributed by atoms with van der Waals surface area (Å²) in [6.45, 7) is 1.31. The van der Waals surface area contributed by atoms with E-state index in [0.717, 1.165) is 24.2 Å². The highest BCUT2D eigenvalue weighted by molar-refractivity contribution is 7.17. The molecule has 4 N–H and O–H groups in total. The van der Waals surface area contributed by atoms with Crippen molar-refractivity contribution in [2.45, 2.75) is 31.8 Å². The molecule has 1 fully saturated rings. The van der Waals surface area contributed by atoms with Crippen LogP contribution in [0.15, 0.2) is 34.4 Å². The van der Waals surface area contributed by atoms with Gasteiger partial charge in [-0.2, -0.15) is 5.26 Å². The first-order valence-electron chi connectivity index (χ1n) is 10.9. The maximum Gasteiger partial charge on any atom is 0.305 e. The summed E-state index contributed by atoms with van der Waals surface area (Å²) in [4.78, 5) is 43.8. The zero-order chi connectivity index (χ0) is 24.2. The lowest BCUT2D eigenvalue weighted by atomic mass is 10.1. The Morgan fingerprint density at radius 1 is 1.35 bits per heavy atom. The summed E-state index contributed by atoms with van der Waals surface area (Å²) < 4.78 is 1.86. The predicted molar refractivity (Wildman–Crippen MR) is 128 cm³/mol. The molecule has 0 saturated carbocycles. The van der Waals surface area contributed by atoms with Crippen molar-refractivity contribution in [3.05, 3.63) is 56.7 Å². The molecule has 0 spiro atoms. The van der Waals surface area contributed by atoms with Gasteiger partial charge in [0.05, 0.1) is 30.2 Å². The van der Waals surface area contributed by atoms with Gasteiger partial charge in [-0.15, -0.1) is 11.3 Å². The third-order valence-corrected chi connectivity index (χ3v) is 6.69. The number of carbonyl (C=O) groups is 2. The van der Waals surface area contributed by atoms with Crippen LogP contribution in [0, 0.1) is 11.3 Å². The third-order valence-electron chi connectivity index (χ3n) is 5.73. The Kier molecular flexibility index (Phi) is 6.90. The molecule has 176 valence electrons. The molecule has 3 heterocycles. The molecule has 4 rings (SSSR count). The fourth-order valence-electron chi connectivity index (χ4n) is 4.04. The van der Waals surface area contributed by atoms with Crippen LogP contribution in [0.25, 0.3) is 10.2 Å². The number of aromatic nitrogens is 2. The molecule has 10 nitrogen and oxygen atoms in total. The van der Waals surface area contributed by atoms with Gasteiger partial charge in [0.15, 0.2) is 0 Å². The fraction of sp³-hybridized carbons (Fsp3) is 0.348. The first kappa shape index (κ1) is 23.4. The van der Waals surface area contributed by atoms with E-state index in [1.807, 2.05) is 11.0 Å². The van der Waals surface area contributed by atoms with Crippen molar-refractivity contribution < 1.29 is 14.7 Å². The van der Waals surface area contributed by atoms with E-state index in [-0.39, 0.29) is 42.2 Å². The number of nitriles is 1. The average Bonchev–Trinajstić information content (AvgIpc) is 3.25. The van der Waals surface area contributed by atoms with Crippen molar-refractivity contribution in [3.63, 3.8) is 0 Å². The lowest BCUT2D eigenvalue weighted by molar-refractivity contribution is -0.136. The number of amides is 1. The van der Waals surface area contributed by atoms with Crippen LogP contribution in [-0.2, 0) is 11.3 Å². The Labute approximate surface area is 199 Å². The normalized spacial score (nSPS) is 15.8. The summed E-state index contributed by atoms with van der Waals surface area (Å²) >= 11 is 1.12. The molecular formula is C23H24N6O4S. The van der Waals surface area contributed by atoms with Crippen molar-refractivity contribution in [3.8, 4) is 6.07 Å². The van der Waals surface area contributed by atoms with E-state index >= 15 is 0 Å². The summed E-state index contributed by atoms with van der Waals surface area (Å²) in [5.74, 6) is -1.09. The number of nitrogens with one attached hydrogen (secondary N) is 1. The van der Waals surface area contributed by atoms with Gasteiger partial charge in [-0.3, -0.25) is 19.0 Å². The maximum absolute atomic E-state index is 13.6. The lowest BCUT2D eigenvalue weighted by Gasteiger charge is -2.33. The Hall–Kier alpha value is -3.75. The van der Waals surface area contributed by atoms with E-state index in [1.54, 1.807) is 28.1 Å². The Morgan fingerprint density at radius 2 is 2.15 bits per heavy atom. The summed E-state index contributed by atoms with van der Waals surface area (Å²) in [6.07, 6.45) is 1.51. The Morgan fingerprint density at radius 3 is 2.88 bits per heavy atom. The van der Waals surface area contributed by atoms with Crippen LogP contribution in [0.1, 0.15) is 40.7 Å². The average molecular weight is 481 g/mol. The molecule has 1 amide bonds. The molecular weight excluding hydrogens is 456 g/mol. The maximum atomic E-state index is 13.6. The number of carboxylic acids is 1. The molecule has 1 aromatic carbocycles. The largest absolute Gasteiger partial charge is 0.481 e.